The van der Waals surface area contributed by atoms with Crippen LogP contribution in [0.2, 0.25) is 10.0 Å². The fraction of sp³-hybridized carbons (Fsp3) is 0.304. The molecule has 1 atom stereocenters. The van der Waals surface area contributed by atoms with E-state index in [0.29, 0.717) is 21.4 Å². The first kappa shape index (κ1) is 20.8. The third kappa shape index (κ3) is 4.63. The van der Waals surface area contributed by atoms with E-state index >= 15 is 0 Å². The molecule has 4 rings (SSSR count). The number of amides is 1. The maximum absolute atomic E-state index is 13.2. The number of halogens is 2. The first-order chi connectivity index (χ1) is 14.5. The number of nitrogens with one attached hydrogen (secondary N) is 2. The van der Waals surface area contributed by atoms with Crippen molar-refractivity contribution < 1.29 is 14.3 Å². The van der Waals surface area contributed by atoms with Crippen LogP contribution in [0.4, 0.5) is 5.69 Å². The Morgan fingerprint density at radius 2 is 1.70 bits per heavy atom. The van der Waals surface area contributed by atoms with Crippen LogP contribution < -0.4 is 15.4 Å². The number of rotatable bonds is 4. The minimum absolute atomic E-state index is 0.113. The molecule has 5 nitrogen and oxygen atoms in total. The van der Waals surface area contributed by atoms with Crippen molar-refractivity contribution in [1.82, 2.24) is 5.32 Å². The van der Waals surface area contributed by atoms with Crippen LogP contribution in [-0.2, 0) is 4.79 Å². The Kier molecular flexibility index (Phi) is 6.30. The van der Waals surface area contributed by atoms with E-state index in [1.165, 1.54) is 12.6 Å². The largest absolute Gasteiger partial charge is 0.475 e. The van der Waals surface area contributed by atoms with Crippen LogP contribution >= 0.6 is 23.2 Å². The standard InChI is InChI=1S/C23H22Cl2N2O3/c24-14-6-9-16(10-7-14)26-13-19-21(28)18-12-15(25)8-11-20(18)30-22(19)23(29)27-17-4-2-1-3-5-17/h6-13,17,22,26H,1-5H2,(H,27,29)/b19-13+. The first-order valence-electron chi connectivity index (χ1n) is 10.0. The summed E-state index contributed by atoms with van der Waals surface area (Å²) in [6.07, 6.45) is 5.76. The number of ether oxygens (including phenoxy) is 1. The Morgan fingerprint density at radius 1 is 1.00 bits per heavy atom. The van der Waals surface area contributed by atoms with Gasteiger partial charge in [-0.1, -0.05) is 42.5 Å². The van der Waals surface area contributed by atoms with E-state index < -0.39 is 6.10 Å². The number of Topliss-reactive ketones (excluding diaryl/α,β-unsaturated/α-hetero) is 1. The van der Waals surface area contributed by atoms with Crippen LogP contribution in [0.3, 0.4) is 0 Å². The molecule has 1 aliphatic heterocycles. The lowest BCUT2D eigenvalue weighted by Gasteiger charge is -2.30. The molecule has 0 bridgehead atoms. The molecule has 1 aliphatic carbocycles. The van der Waals surface area contributed by atoms with Gasteiger partial charge in [-0.05, 0) is 55.3 Å². The van der Waals surface area contributed by atoms with Gasteiger partial charge in [0.25, 0.3) is 5.91 Å². The molecule has 2 aliphatic rings. The van der Waals surface area contributed by atoms with Crippen LogP contribution in [0.15, 0.2) is 54.2 Å². The topological polar surface area (TPSA) is 67.4 Å². The fourth-order valence-electron chi connectivity index (χ4n) is 3.81. The van der Waals surface area contributed by atoms with Gasteiger partial charge in [-0.25, -0.2) is 0 Å². The van der Waals surface area contributed by atoms with Crippen molar-refractivity contribution in [3.8, 4) is 5.75 Å². The number of hydrogen-bond donors (Lipinski definition) is 2. The third-order valence-corrected chi connectivity index (χ3v) is 5.89. The average Bonchev–Trinajstić information content (AvgIpc) is 2.75. The highest BCUT2D eigenvalue weighted by Crippen LogP contribution is 2.33. The Morgan fingerprint density at radius 3 is 2.43 bits per heavy atom. The molecular formula is C23H22Cl2N2O3. The van der Waals surface area contributed by atoms with Gasteiger partial charge < -0.3 is 15.4 Å². The van der Waals surface area contributed by atoms with E-state index in [0.717, 1.165) is 31.4 Å². The quantitative estimate of drug-likeness (QED) is 0.620. The van der Waals surface area contributed by atoms with Gasteiger partial charge in [0.2, 0.25) is 6.10 Å². The van der Waals surface area contributed by atoms with Crippen molar-refractivity contribution in [1.29, 1.82) is 0 Å². The van der Waals surface area contributed by atoms with Crippen LogP contribution in [0, 0.1) is 0 Å². The molecule has 1 amide bonds. The Hall–Kier alpha value is -2.50. The van der Waals surface area contributed by atoms with E-state index in [9.17, 15) is 9.59 Å². The third-order valence-electron chi connectivity index (χ3n) is 5.40. The predicted molar refractivity (Wildman–Crippen MR) is 118 cm³/mol. The number of carbonyl (C=O) groups is 2. The van der Waals surface area contributed by atoms with Gasteiger partial charge in [-0.15, -0.1) is 0 Å². The van der Waals surface area contributed by atoms with Crippen molar-refractivity contribution >= 4 is 40.6 Å². The van der Waals surface area contributed by atoms with Crippen molar-refractivity contribution in [2.45, 2.75) is 44.2 Å². The lowest BCUT2D eigenvalue weighted by molar-refractivity contribution is -0.127. The molecule has 0 saturated heterocycles. The van der Waals surface area contributed by atoms with Crippen LogP contribution in [-0.4, -0.2) is 23.8 Å². The van der Waals surface area contributed by atoms with Crippen LogP contribution in [0.5, 0.6) is 5.75 Å². The van der Waals surface area contributed by atoms with Gasteiger partial charge in [0.15, 0.2) is 5.78 Å². The van der Waals surface area contributed by atoms with Gasteiger partial charge in [-0.2, -0.15) is 0 Å². The highest BCUT2D eigenvalue weighted by Gasteiger charge is 2.37. The number of carbonyl (C=O) groups excluding carboxylic acids is 2. The molecule has 0 radical (unpaired) electrons. The second-order valence-corrected chi connectivity index (χ2v) is 8.43. The molecule has 1 saturated carbocycles. The number of benzene rings is 2. The highest BCUT2D eigenvalue weighted by atomic mass is 35.5. The summed E-state index contributed by atoms with van der Waals surface area (Å²) in [5.74, 6) is -0.235. The molecule has 0 aromatic heterocycles. The fourth-order valence-corrected chi connectivity index (χ4v) is 4.11. The summed E-state index contributed by atoms with van der Waals surface area (Å²) in [4.78, 5) is 26.3. The Labute approximate surface area is 185 Å². The first-order valence-corrected chi connectivity index (χ1v) is 10.8. The van der Waals surface area contributed by atoms with Crippen molar-refractivity contribution in [3.63, 3.8) is 0 Å². The van der Waals surface area contributed by atoms with Crippen molar-refractivity contribution in [2.75, 3.05) is 5.32 Å². The highest BCUT2D eigenvalue weighted by molar-refractivity contribution is 6.31. The maximum Gasteiger partial charge on any atom is 0.266 e. The molecule has 2 aromatic carbocycles. The zero-order valence-corrected chi connectivity index (χ0v) is 17.8. The zero-order valence-electron chi connectivity index (χ0n) is 16.3. The maximum atomic E-state index is 13.2. The van der Waals surface area contributed by atoms with Gasteiger partial charge in [0.05, 0.1) is 11.1 Å². The SMILES string of the molecule is O=C1/C(=C\Nc2ccc(Cl)cc2)C(C(=O)NC2CCCCC2)Oc2ccc(Cl)cc21. The molecule has 1 fully saturated rings. The summed E-state index contributed by atoms with van der Waals surface area (Å²) in [5, 5.41) is 7.17. The van der Waals surface area contributed by atoms with Gasteiger partial charge in [-0.3, -0.25) is 9.59 Å². The van der Waals surface area contributed by atoms with Crippen molar-refractivity contribution in [3.05, 3.63) is 69.8 Å². The smallest absolute Gasteiger partial charge is 0.266 e. The lowest BCUT2D eigenvalue weighted by atomic mass is 9.93. The number of fused-ring (bicyclic) bond motifs is 1. The zero-order chi connectivity index (χ0) is 21.1. The van der Waals surface area contributed by atoms with Crippen LogP contribution in [0.25, 0.3) is 0 Å². The molecule has 0 spiro atoms. The number of anilines is 1. The molecule has 156 valence electrons. The molecule has 2 N–H and O–H groups in total. The second kappa shape index (κ2) is 9.11. The van der Waals surface area contributed by atoms with Gasteiger partial charge in [0.1, 0.15) is 5.75 Å². The predicted octanol–water partition coefficient (Wildman–Crippen LogP) is 5.38. The summed E-state index contributed by atoms with van der Waals surface area (Å²) in [6.45, 7) is 0. The van der Waals surface area contributed by atoms with Gasteiger partial charge >= 0.3 is 0 Å². The van der Waals surface area contributed by atoms with Crippen LogP contribution in [0.1, 0.15) is 42.5 Å². The summed E-state index contributed by atoms with van der Waals surface area (Å²) >= 11 is 12.0. The number of hydrogen-bond acceptors (Lipinski definition) is 4. The molecular weight excluding hydrogens is 423 g/mol. The summed E-state index contributed by atoms with van der Waals surface area (Å²) in [5.41, 5.74) is 1.31. The lowest BCUT2D eigenvalue weighted by Crippen LogP contribution is -2.48. The molecule has 7 heteroatoms. The second-order valence-electron chi connectivity index (χ2n) is 7.56. The van der Waals surface area contributed by atoms with E-state index in [4.69, 9.17) is 27.9 Å². The Bertz CT molecular complexity index is 982. The minimum atomic E-state index is -1.03. The molecule has 1 heterocycles. The molecule has 2 aromatic rings. The summed E-state index contributed by atoms with van der Waals surface area (Å²) in [7, 11) is 0. The molecule has 30 heavy (non-hydrogen) atoms. The summed E-state index contributed by atoms with van der Waals surface area (Å²) in [6, 6.07) is 12.0. The van der Waals surface area contributed by atoms with E-state index in [2.05, 4.69) is 10.6 Å². The van der Waals surface area contributed by atoms with Crippen molar-refractivity contribution in [2.24, 2.45) is 0 Å². The monoisotopic (exact) mass is 444 g/mol. The normalized spacial score (nSPS) is 20.4. The minimum Gasteiger partial charge on any atom is -0.475 e. The summed E-state index contributed by atoms with van der Waals surface area (Å²) < 4.78 is 5.96. The number of ketones is 1. The van der Waals surface area contributed by atoms with E-state index in [1.807, 2.05) is 0 Å². The Balaban J connectivity index is 1.62. The molecule has 1 unspecified atom stereocenters. The van der Waals surface area contributed by atoms with E-state index in [-0.39, 0.29) is 23.3 Å². The van der Waals surface area contributed by atoms with E-state index in [1.54, 1.807) is 42.5 Å². The van der Waals surface area contributed by atoms with Gasteiger partial charge in [0, 0.05) is 28.0 Å². The average molecular weight is 445 g/mol.